The molecule has 0 spiro atoms. The molecule has 1 aromatic carbocycles. The van der Waals surface area contributed by atoms with Crippen molar-refractivity contribution >= 4 is 5.91 Å². The maximum Gasteiger partial charge on any atom is 0.239 e. The fourth-order valence-corrected chi connectivity index (χ4v) is 2.29. The molecule has 0 saturated heterocycles. The zero-order valence-electron chi connectivity index (χ0n) is 12.9. The van der Waals surface area contributed by atoms with Crippen LogP contribution in [0, 0.1) is 13.8 Å². The molecule has 3 nitrogen and oxygen atoms in total. The van der Waals surface area contributed by atoms with Gasteiger partial charge in [-0.25, -0.2) is 0 Å². The second kappa shape index (κ2) is 6.71. The molecule has 3 heteroatoms. The molecule has 0 heterocycles. The lowest BCUT2D eigenvalue weighted by Gasteiger charge is -2.24. The standard InChI is InChI=1S/C16H26N2O/c1-7-18(6)16(19)14(5)17-13(4)15-9-11(2)8-12(3)10-15/h8-10,13-14,17H,7H2,1-6H3. The van der Waals surface area contributed by atoms with Crippen LogP contribution in [-0.4, -0.2) is 30.4 Å². The SMILES string of the molecule is CCN(C)C(=O)C(C)NC(C)c1cc(C)cc(C)c1. The van der Waals surface area contributed by atoms with E-state index < -0.39 is 0 Å². The monoisotopic (exact) mass is 262 g/mol. The van der Waals surface area contributed by atoms with E-state index in [9.17, 15) is 4.79 Å². The summed E-state index contributed by atoms with van der Waals surface area (Å²) in [7, 11) is 1.84. The second-order valence-corrected chi connectivity index (χ2v) is 5.38. The van der Waals surface area contributed by atoms with Gasteiger partial charge < -0.3 is 4.90 Å². The summed E-state index contributed by atoms with van der Waals surface area (Å²) in [5.74, 6) is 0.138. The Morgan fingerprint density at radius 3 is 2.21 bits per heavy atom. The third-order valence-corrected chi connectivity index (χ3v) is 3.47. The van der Waals surface area contributed by atoms with Gasteiger partial charge in [0.2, 0.25) is 5.91 Å². The highest BCUT2D eigenvalue weighted by Crippen LogP contribution is 2.17. The van der Waals surface area contributed by atoms with Crippen LogP contribution < -0.4 is 5.32 Å². The molecule has 0 aliphatic heterocycles. The molecule has 2 atom stereocenters. The van der Waals surface area contributed by atoms with Gasteiger partial charge in [-0.2, -0.15) is 0 Å². The molecule has 0 fully saturated rings. The first kappa shape index (κ1) is 15.7. The summed E-state index contributed by atoms with van der Waals surface area (Å²) < 4.78 is 0. The number of amides is 1. The summed E-state index contributed by atoms with van der Waals surface area (Å²) >= 11 is 0. The van der Waals surface area contributed by atoms with Crippen molar-refractivity contribution in [1.82, 2.24) is 10.2 Å². The average Bonchev–Trinajstić information content (AvgIpc) is 2.35. The van der Waals surface area contributed by atoms with Crippen molar-refractivity contribution in [2.75, 3.05) is 13.6 Å². The van der Waals surface area contributed by atoms with Gasteiger partial charge in [0.25, 0.3) is 0 Å². The molecule has 106 valence electrons. The number of rotatable bonds is 5. The average molecular weight is 262 g/mol. The fraction of sp³-hybridized carbons (Fsp3) is 0.562. The lowest BCUT2D eigenvalue weighted by Crippen LogP contribution is -2.43. The summed E-state index contributed by atoms with van der Waals surface area (Å²) in [5, 5.41) is 3.37. The largest absolute Gasteiger partial charge is 0.345 e. The lowest BCUT2D eigenvalue weighted by molar-refractivity contribution is -0.131. The molecule has 0 aliphatic rings. The van der Waals surface area contributed by atoms with Crippen LogP contribution in [0.2, 0.25) is 0 Å². The Bertz CT molecular complexity index is 422. The third kappa shape index (κ3) is 4.35. The summed E-state index contributed by atoms with van der Waals surface area (Å²) in [6, 6.07) is 6.51. The molecule has 0 bridgehead atoms. The number of nitrogens with one attached hydrogen (secondary N) is 1. The number of benzene rings is 1. The predicted octanol–water partition coefficient (Wildman–Crippen LogP) is 2.82. The minimum atomic E-state index is -0.166. The van der Waals surface area contributed by atoms with Crippen LogP contribution in [0.4, 0.5) is 0 Å². The molecule has 0 radical (unpaired) electrons. The molecule has 2 unspecified atom stereocenters. The summed E-state index contributed by atoms with van der Waals surface area (Å²) in [6.45, 7) is 10.9. The van der Waals surface area contributed by atoms with Crippen LogP contribution in [0.1, 0.15) is 43.5 Å². The van der Waals surface area contributed by atoms with Crippen LogP contribution in [0.15, 0.2) is 18.2 Å². The van der Waals surface area contributed by atoms with Gasteiger partial charge in [0.05, 0.1) is 6.04 Å². The number of carbonyl (C=O) groups is 1. The zero-order valence-corrected chi connectivity index (χ0v) is 12.9. The fourth-order valence-electron chi connectivity index (χ4n) is 2.29. The second-order valence-electron chi connectivity index (χ2n) is 5.38. The predicted molar refractivity (Wildman–Crippen MR) is 80.2 cm³/mol. The van der Waals surface area contributed by atoms with Crippen molar-refractivity contribution < 1.29 is 4.79 Å². The molecule has 1 N–H and O–H groups in total. The van der Waals surface area contributed by atoms with E-state index in [0.717, 1.165) is 6.54 Å². The zero-order chi connectivity index (χ0) is 14.6. The smallest absolute Gasteiger partial charge is 0.239 e. The van der Waals surface area contributed by atoms with Crippen molar-refractivity contribution in [3.05, 3.63) is 34.9 Å². The highest BCUT2D eigenvalue weighted by molar-refractivity contribution is 5.81. The number of hydrogen-bond acceptors (Lipinski definition) is 2. The number of nitrogens with zero attached hydrogens (tertiary/aromatic N) is 1. The first-order valence-corrected chi connectivity index (χ1v) is 6.94. The minimum absolute atomic E-state index is 0.138. The molecule has 0 aromatic heterocycles. The Morgan fingerprint density at radius 2 is 1.74 bits per heavy atom. The van der Waals surface area contributed by atoms with Crippen LogP contribution in [-0.2, 0) is 4.79 Å². The summed E-state index contributed by atoms with van der Waals surface area (Å²) in [4.78, 5) is 13.8. The Labute approximate surface area is 117 Å². The van der Waals surface area contributed by atoms with E-state index >= 15 is 0 Å². The molecular weight excluding hydrogens is 236 g/mol. The Kier molecular flexibility index (Phi) is 5.55. The Hall–Kier alpha value is -1.35. The van der Waals surface area contributed by atoms with Crippen molar-refractivity contribution in [3.8, 4) is 0 Å². The van der Waals surface area contributed by atoms with E-state index in [1.807, 2.05) is 20.9 Å². The number of aryl methyl sites for hydroxylation is 2. The van der Waals surface area contributed by atoms with Crippen molar-refractivity contribution in [3.63, 3.8) is 0 Å². The van der Waals surface area contributed by atoms with Gasteiger partial charge >= 0.3 is 0 Å². The van der Waals surface area contributed by atoms with E-state index in [0.29, 0.717) is 0 Å². The van der Waals surface area contributed by atoms with E-state index in [1.165, 1.54) is 16.7 Å². The number of carbonyl (C=O) groups excluding carboxylic acids is 1. The minimum Gasteiger partial charge on any atom is -0.345 e. The Balaban J connectivity index is 2.73. The van der Waals surface area contributed by atoms with Crippen LogP contribution >= 0.6 is 0 Å². The molecule has 1 rings (SSSR count). The maximum atomic E-state index is 12.0. The molecule has 1 aromatic rings. The molecule has 0 aliphatic carbocycles. The molecular formula is C16H26N2O. The van der Waals surface area contributed by atoms with E-state index in [4.69, 9.17) is 0 Å². The van der Waals surface area contributed by atoms with Gasteiger partial charge in [-0.15, -0.1) is 0 Å². The van der Waals surface area contributed by atoms with Crippen molar-refractivity contribution in [2.24, 2.45) is 0 Å². The van der Waals surface area contributed by atoms with Crippen LogP contribution in [0.3, 0.4) is 0 Å². The highest BCUT2D eigenvalue weighted by Gasteiger charge is 2.18. The number of likely N-dealkylation sites (N-methyl/N-ethyl adjacent to an activating group) is 1. The van der Waals surface area contributed by atoms with Crippen LogP contribution in [0.5, 0.6) is 0 Å². The number of hydrogen-bond donors (Lipinski definition) is 1. The van der Waals surface area contributed by atoms with Gasteiger partial charge in [0.15, 0.2) is 0 Å². The van der Waals surface area contributed by atoms with E-state index in [1.54, 1.807) is 4.90 Å². The first-order valence-electron chi connectivity index (χ1n) is 6.94. The quantitative estimate of drug-likeness (QED) is 0.885. The third-order valence-electron chi connectivity index (χ3n) is 3.47. The van der Waals surface area contributed by atoms with Gasteiger partial charge in [-0.05, 0) is 40.2 Å². The van der Waals surface area contributed by atoms with Crippen molar-refractivity contribution in [1.29, 1.82) is 0 Å². The maximum absolute atomic E-state index is 12.0. The summed E-state index contributed by atoms with van der Waals surface area (Å²) in [5.41, 5.74) is 3.75. The van der Waals surface area contributed by atoms with Gasteiger partial charge in [-0.1, -0.05) is 29.3 Å². The van der Waals surface area contributed by atoms with E-state index in [-0.39, 0.29) is 18.0 Å². The Morgan fingerprint density at radius 1 is 1.21 bits per heavy atom. The van der Waals surface area contributed by atoms with Crippen LogP contribution in [0.25, 0.3) is 0 Å². The lowest BCUT2D eigenvalue weighted by atomic mass is 10.0. The topological polar surface area (TPSA) is 32.3 Å². The molecule has 1 amide bonds. The first-order chi connectivity index (χ1) is 8.85. The normalized spacial score (nSPS) is 14.0. The van der Waals surface area contributed by atoms with E-state index in [2.05, 4.69) is 44.3 Å². The van der Waals surface area contributed by atoms with Crippen molar-refractivity contribution in [2.45, 2.75) is 46.7 Å². The summed E-state index contributed by atoms with van der Waals surface area (Å²) in [6.07, 6.45) is 0. The molecule has 19 heavy (non-hydrogen) atoms. The molecule has 0 saturated carbocycles. The van der Waals surface area contributed by atoms with Gasteiger partial charge in [-0.3, -0.25) is 10.1 Å². The van der Waals surface area contributed by atoms with Gasteiger partial charge in [0.1, 0.15) is 0 Å². The highest BCUT2D eigenvalue weighted by atomic mass is 16.2. The van der Waals surface area contributed by atoms with Gasteiger partial charge in [0, 0.05) is 19.6 Å².